The van der Waals surface area contributed by atoms with E-state index in [0.717, 1.165) is 41.7 Å². The molecule has 1 unspecified atom stereocenters. The lowest BCUT2D eigenvalue weighted by molar-refractivity contribution is 0.0933. The van der Waals surface area contributed by atoms with E-state index in [0.29, 0.717) is 12.1 Å². The van der Waals surface area contributed by atoms with Gasteiger partial charge in [-0.15, -0.1) is 0 Å². The number of hydrogen-bond donors (Lipinski definition) is 1. The number of aryl methyl sites for hydroxylation is 1. The molecule has 130 valence electrons. The van der Waals surface area contributed by atoms with Gasteiger partial charge in [0.15, 0.2) is 11.6 Å². The summed E-state index contributed by atoms with van der Waals surface area (Å²) < 4.78 is 5.10. The predicted molar refractivity (Wildman–Crippen MR) is 98.3 cm³/mol. The number of methoxy groups -OCH3 is 1. The molecule has 4 heteroatoms. The van der Waals surface area contributed by atoms with Gasteiger partial charge in [-0.1, -0.05) is 19.1 Å². The van der Waals surface area contributed by atoms with Crippen LogP contribution in [0.15, 0.2) is 36.4 Å². The number of ketones is 2. The lowest BCUT2D eigenvalue weighted by Gasteiger charge is -2.01. The molecule has 0 amide bonds. The summed E-state index contributed by atoms with van der Waals surface area (Å²) in [6.45, 7) is 2.06. The Bertz CT molecular complexity index is 826. The molecule has 4 rings (SSSR count). The van der Waals surface area contributed by atoms with Crippen LogP contribution in [-0.2, 0) is 12.8 Å². The van der Waals surface area contributed by atoms with Crippen LogP contribution < -0.4 is 10.5 Å². The Kier molecular flexibility index (Phi) is 4.88. The Morgan fingerprint density at radius 3 is 2.52 bits per heavy atom. The number of carbonyl (C=O) groups excluding carboxylic acids is 2. The van der Waals surface area contributed by atoms with Crippen molar-refractivity contribution in [2.24, 2.45) is 5.92 Å². The molecule has 4 nitrogen and oxygen atoms in total. The van der Waals surface area contributed by atoms with E-state index in [2.05, 4.69) is 6.92 Å². The van der Waals surface area contributed by atoms with Gasteiger partial charge in [0.1, 0.15) is 5.75 Å². The Morgan fingerprint density at radius 2 is 1.80 bits per heavy atom. The molecule has 0 bridgehead atoms. The van der Waals surface area contributed by atoms with Crippen molar-refractivity contribution in [1.29, 1.82) is 0 Å². The van der Waals surface area contributed by atoms with Crippen LogP contribution in [-0.4, -0.2) is 18.7 Å². The van der Waals surface area contributed by atoms with Crippen LogP contribution in [0.5, 0.6) is 5.75 Å². The third-order valence-corrected chi connectivity index (χ3v) is 4.97. The van der Waals surface area contributed by atoms with Crippen LogP contribution in [0.3, 0.4) is 0 Å². The minimum absolute atomic E-state index is 0.192. The summed E-state index contributed by atoms with van der Waals surface area (Å²) in [5.74, 6) is 1.47. The smallest absolute Gasteiger partial charge is 0.166 e. The minimum Gasteiger partial charge on any atom is -0.497 e. The fraction of sp³-hybridized carbons (Fsp3) is 0.333. The highest BCUT2D eigenvalue weighted by Crippen LogP contribution is 2.31. The van der Waals surface area contributed by atoms with Crippen molar-refractivity contribution in [1.82, 2.24) is 0 Å². The van der Waals surface area contributed by atoms with Crippen LogP contribution in [0.25, 0.3) is 0 Å². The first-order valence-corrected chi connectivity index (χ1v) is 8.66. The van der Waals surface area contributed by atoms with Gasteiger partial charge >= 0.3 is 0 Å². The quantitative estimate of drug-likeness (QED) is 0.845. The topological polar surface area (TPSA) is 69.4 Å². The molecule has 0 spiro atoms. The van der Waals surface area contributed by atoms with Gasteiger partial charge in [-0.2, -0.15) is 0 Å². The van der Waals surface area contributed by atoms with Crippen molar-refractivity contribution in [2.75, 3.05) is 12.8 Å². The molecule has 2 aliphatic rings. The van der Waals surface area contributed by atoms with Crippen LogP contribution in [0, 0.1) is 5.92 Å². The van der Waals surface area contributed by atoms with E-state index >= 15 is 0 Å². The van der Waals surface area contributed by atoms with Crippen LogP contribution in [0.4, 0.5) is 5.69 Å². The van der Waals surface area contributed by atoms with Crippen molar-refractivity contribution >= 4 is 17.3 Å². The average Bonchev–Trinajstić information content (AvgIpc) is 3.15. The predicted octanol–water partition coefficient (Wildman–Crippen LogP) is 3.86. The fourth-order valence-electron chi connectivity index (χ4n) is 3.45. The number of carbonyl (C=O) groups is 2. The van der Waals surface area contributed by atoms with Crippen LogP contribution in [0.1, 0.15) is 51.6 Å². The number of nitrogen functional groups attached to an aromatic ring is 1. The number of Topliss-reactive ketones (excluding diaryl/α,β-unsaturated/α-hetero) is 2. The molecule has 0 saturated heterocycles. The summed E-state index contributed by atoms with van der Waals surface area (Å²) in [6, 6.07) is 11.3. The molecule has 2 aromatic carbocycles. The molecule has 0 aromatic heterocycles. The van der Waals surface area contributed by atoms with Gasteiger partial charge in [0.25, 0.3) is 0 Å². The Balaban J connectivity index is 0.000000150. The molecule has 2 N–H and O–H groups in total. The number of fused-ring (bicyclic) bond motifs is 2. The Morgan fingerprint density at radius 1 is 1.04 bits per heavy atom. The molecule has 0 heterocycles. The highest BCUT2D eigenvalue weighted by Gasteiger charge is 2.29. The number of hydrogen-bond acceptors (Lipinski definition) is 4. The Labute approximate surface area is 148 Å². The largest absolute Gasteiger partial charge is 0.497 e. The van der Waals surface area contributed by atoms with E-state index in [9.17, 15) is 9.59 Å². The molecular formula is C21H23NO3. The molecule has 1 atom stereocenters. The lowest BCUT2D eigenvalue weighted by atomic mass is 10.0. The first-order chi connectivity index (χ1) is 12.0. The van der Waals surface area contributed by atoms with Gasteiger partial charge in [0.05, 0.1) is 7.11 Å². The van der Waals surface area contributed by atoms with E-state index in [-0.39, 0.29) is 17.5 Å². The molecule has 0 radical (unpaired) electrons. The third kappa shape index (κ3) is 3.43. The highest BCUT2D eigenvalue weighted by atomic mass is 16.5. The number of ether oxygens (including phenoxy) is 1. The first-order valence-electron chi connectivity index (χ1n) is 8.66. The van der Waals surface area contributed by atoms with E-state index in [4.69, 9.17) is 10.5 Å². The summed E-state index contributed by atoms with van der Waals surface area (Å²) in [5.41, 5.74) is 10.2. The van der Waals surface area contributed by atoms with E-state index in [1.54, 1.807) is 13.2 Å². The molecular weight excluding hydrogens is 314 g/mol. The minimum atomic E-state index is 0.192. The van der Waals surface area contributed by atoms with Crippen molar-refractivity contribution in [3.63, 3.8) is 0 Å². The average molecular weight is 337 g/mol. The second-order valence-electron chi connectivity index (χ2n) is 6.54. The van der Waals surface area contributed by atoms with E-state index in [1.165, 1.54) is 5.56 Å². The van der Waals surface area contributed by atoms with Gasteiger partial charge in [-0.3, -0.25) is 9.59 Å². The summed E-state index contributed by atoms with van der Waals surface area (Å²) in [5, 5.41) is 0. The van der Waals surface area contributed by atoms with Crippen LogP contribution in [0.2, 0.25) is 0 Å². The fourth-order valence-corrected chi connectivity index (χ4v) is 3.45. The van der Waals surface area contributed by atoms with Crippen molar-refractivity contribution in [3.8, 4) is 5.75 Å². The van der Waals surface area contributed by atoms with Gasteiger partial charge in [0.2, 0.25) is 0 Å². The zero-order valence-electron chi connectivity index (χ0n) is 14.7. The number of rotatable bonds is 2. The van der Waals surface area contributed by atoms with Gasteiger partial charge < -0.3 is 10.5 Å². The Hall–Kier alpha value is -2.62. The van der Waals surface area contributed by atoms with Crippen molar-refractivity contribution in [2.45, 2.75) is 32.6 Å². The number of anilines is 1. The molecule has 25 heavy (non-hydrogen) atoms. The molecule has 2 aliphatic carbocycles. The zero-order chi connectivity index (χ0) is 18.0. The second-order valence-corrected chi connectivity index (χ2v) is 6.54. The van der Waals surface area contributed by atoms with E-state index in [1.807, 2.05) is 30.3 Å². The summed E-state index contributed by atoms with van der Waals surface area (Å²) in [7, 11) is 1.62. The maximum absolute atomic E-state index is 11.8. The molecule has 0 aliphatic heterocycles. The standard InChI is InChI=1S/C12H14O2.C9H9NO/c1-3-8-6-9-4-5-10(14-2)7-11(9)12(8)13;10-7-3-1-6-2-4-9(11)8(6)5-7/h4-5,7-8H,3,6H2,1-2H3;1,3,5H,2,4,10H2. The lowest BCUT2D eigenvalue weighted by Crippen LogP contribution is -2.06. The van der Waals surface area contributed by atoms with Gasteiger partial charge in [-0.05, 0) is 54.7 Å². The monoisotopic (exact) mass is 337 g/mol. The van der Waals surface area contributed by atoms with Gasteiger partial charge in [0, 0.05) is 29.2 Å². The highest BCUT2D eigenvalue weighted by molar-refractivity contribution is 6.02. The number of benzene rings is 2. The summed E-state index contributed by atoms with van der Waals surface area (Å²) >= 11 is 0. The molecule has 2 aromatic rings. The summed E-state index contributed by atoms with van der Waals surface area (Å²) in [6.07, 6.45) is 3.36. The third-order valence-electron chi connectivity index (χ3n) is 4.97. The van der Waals surface area contributed by atoms with Crippen molar-refractivity contribution in [3.05, 3.63) is 58.7 Å². The van der Waals surface area contributed by atoms with Gasteiger partial charge in [-0.25, -0.2) is 0 Å². The zero-order valence-corrected chi connectivity index (χ0v) is 14.7. The van der Waals surface area contributed by atoms with E-state index < -0.39 is 0 Å². The van der Waals surface area contributed by atoms with Crippen LogP contribution >= 0.6 is 0 Å². The SMILES string of the molecule is CCC1Cc2ccc(OC)cc2C1=O.Nc1ccc2c(c1)C(=O)CC2. The first kappa shape index (κ1) is 17.2. The molecule has 0 fully saturated rings. The summed E-state index contributed by atoms with van der Waals surface area (Å²) in [4.78, 5) is 23.0. The second kappa shape index (κ2) is 7.09. The number of nitrogens with two attached hydrogens (primary N) is 1. The molecule has 0 saturated carbocycles. The van der Waals surface area contributed by atoms with Crippen molar-refractivity contribution < 1.29 is 14.3 Å². The maximum Gasteiger partial charge on any atom is 0.166 e. The normalized spacial score (nSPS) is 17.6. The maximum atomic E-state index is 11.8.